The zero-order valence-electron chi connectivity index (χ0n) is 20.1. The molecule has 0 radical (unpaired) electrons. The van der Waals surface area contributed by atoms with Crippen LogP contribution in [-0.2, 0) is 36.7 Å². The zero-order valence-corrected chi connectivity index (χ0v) is 20.9. The molecule has 0 N–H and O–H groups in total. The highest BCUT2D eigenvalue weighted by atomic mass is 32.2. The highest BCUT2D eigenvalue weighted by Crippen LogP contribution is 2.32. The van der Waals surface area contributed by atoms with Gasteiger partial charge in [-0.25, -0.2) is 4.98 Å². The van der Waals surface area contributed by atoms with Crippen LogP contribution in [0.3, 0.4) is 0 Å². The number of benzene rings is 2. The molecule has 4 rings (SSSR count). The van der Waals surface area contributed by atoms with Crippen molar-refractivity contribution in [2.45, 2.75) is 56.4 Å². The van der Waals surface area contributed by atoms with Gasteiger partial charge in [-0.1, -0.05) is 29.8 Å². The first-order valence-corrected chi connectivity index (χ1v) is 13.2. The van der Waals surface area contributed by atoms with E-state index < -0.39 is 22.0 Å². The summed E-state index contributed by atoms with van der Waals surface area (Å²) in [5, 5.41) is 0. The lowest BCUT2D eigenvalue weighted by atomic mass is 10.0. The lowest BCUT2D eigenvalue weighted by Gasteiger charge is -2.28. The third kappa shape index (κ3) is 6.91. The maximum Gasteiger partial charge on any atom is 0.297 e. The van der Waals surface area contributed by atoms with Crippen molar-refractivity contribution in [3.8, 4) is 5.75 Å². The van der Waals surface area contributed by atoms with E-state index >= 15 is 0 Å². The van der Waals surface area contributed by atoms with Crippen molar-refractivity contribution in [1.29, 1.82) is 0 Å². The molecule has 1 aromatic heterocycles. The Labute approximate surface area is 206 Å². The van der Waals surface area contributed by atoms with Crippen LogP contribution in [0.25, 0.3) is 0 Å². The summed E-state index contributed by atoms with van der Waals surface area (Å²) in [6.45, 7) is 5.10. The summed E-state index contributed by atoms with van der Waals surface area (Å²) in [5.41, 5.74) is 2.18. The number of hydrogen-bond donors (Lipinski definition) is 0. The van der Waals surface area contributed by atoms with Crippen LogP contribution >= 0.6 is 0 Å². The number of imidazole rings is 1. The molecule has 1 saturated heterocycles. The summed E-state index contributed by atoms with van der Waals surface area (Å²) in [5.74, 6) is -0.0214. The van der Waals surface area contributed by atoms with Gasteiger partial charge in [0.25, 0.3) is 10.1 Å². The van der Waals surface area contributed by atoms with Crippen molar-refractivity contribution >= 4 is 10.1 Å². The average molecular weight is 501 g/mol. The maximum atomic E-state index is 12.6. The molecule has 8 nitrogen and oxygen atoms in total. The highest BCUT2D eigenvalue weighted by molar-refractivity contribution is 7.86. The summed E-state index contributed by atoms with van der Waals surface area (Å²) in [6, 6.07) is 14.7. The van der Waals surface area contributed by atoms with Gasteiger partial charge in [0.2, 0.25) is 0 Å². The lowest BCUT2D eigenvalue weighted by molar-refractivity contribution is -0.185. The Morgan fingerprint density at radius 1 is 1.14 bits per heavy atom. The van der Waals surface area contributed by atoms with Crippen LogP contribution in [0.4, 0.5) is 0 Å². The summed E-state index contributed by atoms with van der Waals surface area (Å²) >= 11 is 0. The van der Waals surface area contributed by atoms with E-state index in [2.05, 4.69) is 17.1 Å². The van der Waals surface area contributed by atoms with Crippen molar-refractivity contribution < 1.29 is 26.8 Å². The normalized spacial score (nSPS) is 20.2. The van der Waals surface area contributed by atoms with Crippen molar-refractivity contribution in [2.75, 3.05) is 19.8 Å². The minimum Gasteiger partial charge on any atom is -0.494 e. The Kier molecular flexibility index (Phi) is 8.22. The van der Waals surface area contributed by atoms with E-state index in [-0.39, 0.29) is 18.1 Å². The molecule has 2 atom stereocenters. The molecular formula is C26H32N2O6S. The average Bonchev–Trinajstić information content (AvgIpc) is 3.50. The zero-order chi connectivity index (χ0) is 24.7. The second-order valence-corrected chi connectivity index (χ2v) is 10.3. The minimum absolute atomic E-state index is 0.110. The Morgan fingerprint density at radius 3 is 2.60 bits per heavy atom. The van der Waals surface area contributed by atoms with E-state index in [9.17, 15) is 8.42 Å². The molecule has 1 fully saturated rings. The van der Waals surface area contributed by atoms with Gasteiger partial charge in [0.1, 0.15) is 11.9 Å². The fourth-order valence-electron chi connectivity index (χ4n) is 4.07. The van der Waals surface area contributed by atoms with Crippen molar-refractivity contribution in [1.82, 2.24) is 9.55 Å². The molecule has 0 aliphatic carbocycles. The summed E-state index contributed by atoms with van der Waals surface area (Å²) < 4.78 is 50.3. The molecule has 188 valence electrons. The summed E-state index contributed by atoms with van der Waals surface area (Å²) in [4.78, 5) is 4.24. The molecule has 0 amide bonds. The monoisotopic (exact) mass is 500 g/mol. The maximum absolute atomic E-state index is 12.6. The number of aryl methyl sites for hydroxylation is 2. The molecule has 2 heterocycles. The molecule has 0 bridgehead atoms. The Hall–Kier alpha value is -2.72. The molecule has 0 spiro atoms. The van der Waals surface area contributed by atoms with Gasteiger partial charge in [-0.3, -0.25) is 4.18 Å². The Bertz CT molecular complexity index is 1160. The first-order chi connectivity index (χ1) is 16.9. The highest BCUT2D eigenvalue weighted by Gasteiger charge is 2.42. The van der Waals surface area contributed by atoms with Gasteiger partial charge in [0, 0.05) is 18.8 Å². The smallest absolute Gasteiger partial charge is 0.297 e. The van der Waals surface area contributed by atoms with Gasteiger partial charge < -0.3 is 18.8 Å². The molecular weight excluding hydrogens is 468 g/mol. The third-order valence-corrected chi connectivity index (χ3v) is 7.17. The summed E-state index contributed by atoms with van der Waals surface area (Å²) in [7, 11) is -3.87. The van der Waals surface area contributed by atoms with Crippen LogP contribution < -0.4 is 4.74 Å². The van der Waals surface area contributed by atoms with Gasteiger partial charge in [-0.05, 0) is 56.5 Å². The van der Waals surface area contributed by atoms with Crippen LogP contribution in [-0.4, -0.2) is 49.7 Å². The van der Waals surface area contributed by atoms with Crippen LogP contribution in [0.2, 0.25) is 0 Å². The van der Waals surface area contributed by atoms with E-state index in [1.807, 2.05) is 36.7 Å². The third-order valence-electron chi connectivity index (χ3n) is 5.87. The van der Waals surface area contributed by atoms with Crippen molar-refractivity contribution in [3.63, 3.8) is 0 Å². The molecule has 35 heavy (non-hydrogen) atoms. The number of aromatic nitrogens is 2. The molecule has 2 unspecified atom stereocenters. The summed E-state index contributed by atoms with van der Waals surface area (Å²) in [6.07, 6.45) is 7.10. The van der Waals surface area contributed by atoms with E-state index in [4.69, 9.17) is 18.4 Å². The minimum atomic E-state index is -3.87. The number of hydrogen-bond acceptors (Lipinski definition) is 7. The van der Waals surface area contributed by atoms with E-state index in [1.54, 1.807) is 36.8 Å². The van der Waals surface area contributed by atoms with Gasteiger partial charge in [-0.15, -0.1) is 0 Å². The van der Waals surface area contributed by atoms with Crippen LogP contribution in [0.1, 0.15) is 30.9 Å². The Morgan fingerprint density at radius 2 is 1.91 bits per heavy atom. The molecule has 9 heteroatoms. The fraction of sp³-hybridized carbons (Fsp3) is 0.423. The standard InChI is InChI=1S/C26H32N2O6S/c1-3-31-23-10-8-22(9-11-23)5-4-14-26(19-28-16-15-27-20-28)32-17-24(34-26)18-33-35(29,30)25-12-6-21(2)7-13-25/h6-13,15-16,20,24H,3-5,14,17-19H2,1-2H3. The first kappa shape index (κ1) is 25.4. The van der Waals surface area contributed by atoms with Gasteiger partial charge >= 0.3 is 0 Å². The number of nitrogens with zero attached hydrogens (tertiary/aromatic N) is 2. The fourth-order valence-corrected chi connectivity index (χ4v) is 5.01. The van der Waals surface area contributed by atoms with Crippen molar-refractivity contribution in [2.24, 2.45) is 0 Å². The van der Waals surface area contributed by atoms with Crippen LogP contribution in [0.5, 0.6) is 5.75 Å². The van der Waals surface area contributed by atoms with Crippen LogP contribution in [0.15, 0.2) is 72.1 Å². The topological polar surface area (TPSA) is 88.9 Å². The van der Waals surface area contributed by atoms with E-state index in [0.29, 0.717) is 19.6 Å². The van der Waals surface area contributed by atoms with Gasteiger partial charge in [0.15, 0.2) is 5.79 Å². The van der Waals surface area contributed by atoms with E-state index in [1.165, 1.54) is 5.56 Å². The number of ether oxygens (including phenoxy) is 3. The SMILES string of the molecule is CCOc1ccc(CCCC2(Cn3ccnc3)OCC(COS(=O)(=O)c3ccc(C)cc3)O2)cc1. The molecule has 2 aromatic carbocycles. The van der Waals surface area contributed by atoms with Crippen LogP contribution in [0, 0.1) is 6.92 Å². The molecule has 1 aliphatic heterocycles. The predicted octanol–water partition coefficient (Wildman–Crippen LogP) is 4.13. The second kappa shape index (κ2) is 11.3. The second-order valence-electron chi connectivity index (χ2n) is 8.68. The van der Waals surface area contributed by atoms with Crippen molar-refractivity contribution in [3.05, 3.63) is 78.4 Å². The van der Waals surface area contributed by atoms with Gasteiger partial charge in [0.05, 0.1) is 37.6 Å². The number of rotatable bonds is 12. The lowest BCUT2D eigenvalue weighted by Crippen LogP contribution is -2.37. The largest absolute Gasteiger partial charge is 0.494 e. The quantitative estimate of drug-likeness (QED) is 0.346. The van der Waals surface area contributed by atoms with Gasteiger partial charge in [-0.2, -0.15) is 8.42 Å². The predicted molar refractivity (Wildman–Crippen MR) is 131 cm³/mol. The first-order valence-electron chi connectivity index (χ1n) is 11.8. The Balaban J connectivity index is 1.36. The molecule has 1 aliphatic rings. The van der Waals surface area contributed by atoms with E-state index in [0.717, 1.165) is 24.2 Å². The molecule has 0 saturated carbocycles. The molecule has 3 aromatic rings.